The second kappa shape index (κ2) is 20.6. The van der Waals surface area contributed by atoms with Crippen molar-refractivity contribution in [3.63, 3.8) is 0 Å². The van der Waals surface area contributed by atoms with Gasteiger partial charge >= 0.3 is 20.1 Å². The third kappa shape index (κ3) is 11.3. The minimum absolute atomic E-state index is 0. The van der Waals surface area contributed by atoms with Gasteiger partial charge in [0.25, 0.3) is 0 Å². The van der Waals surface area contributed by atoms with Crippen molar-refractivity contribution in [3.8, 4) is 44.9 Å². The van der Waals surface area contributed by atoms with E-state index in [-0.39, 0.29) is 36.5 Å². The fourth-order valence-electron chi connectivity index (χ4n) is 9.13. The minimum Gasteiger partial charge on any atom is -0.304 e. The number of rotatable bonds is 14. The van der Waals surface area contributed by atoms with E-state index in [4.69, 9.17) is 28.7 Å². The Morgan fingerprint density at radius 2 is 0.955 bits per heavy atom. The first-order chi connectivity index (χ1) is 36.0. The maximum Gasteiger partial charge on any atom is 3.00 e. The van der Waals surface area contributed by atoms with Gasteiger partial charge in [-0.25, -0.2) is 0 Å². The SMILES string of the molecule is [2H]C1([2H])C([2H])([2H])C([2H])([2H])C([2H])(c2ccc(-c3cc(-c4[c-]cccc4)ncc3C(C)(C)Cc3cc(CC(C)(C)c4ccc(-c5[c-]cccc5)nc4)cc(CC(C)(C)c4ccc(-c5[c-]cccc5)nc4)c3)cc2)C([2H])([2H])C1([2H])[2H].[Ir+3]. The first kappa shape index (κ1) is 35.4. The van der Waals surface area contributed by atoms with Crippen molar-refractivity contribution in [2.24, 2.45) is 0 Å². The third-order valence-corrected chi connectivity index (χ3v) is 12.7. The molecule has 0 bridgehead atoms. The number of nitrogens with zero attached hydrogens (tertiary/aromatic N) is 3. The summed E-state index contributed by atoms with van der Waals surface area (Å²) >= 11 is 0. The summed E-state index contributed by atoms with van der Waals surface area (Å²) in [5.74, 6) is -3.21. The largest absolute Gasteiger partial charge is 3.00 e. The van der Waals surface area contributed by atoms with E-state index in [2.05, 4.69) is 102 Å². The van der Waals surface area contributed by atoms with Gasteiger partial charge in [-0.15, -0.1) is 108 Å². The predicted molar refractivity (Wildman–Crippen MR) is 273 cm³/mol. The topological polar surface area (TPSA) is 38.7 Å². The van der Waals surface area contributed by atoms with Crippen LogP contribution in [0.1, 0.15) is 133 Å². The number of hydrogen-bond acceptors (Lipinski definition) is 3. The molecule has 0 aliphatic heterocycles. The molecule has 338 valence electrons. The van der Waals surface area contributed by atoms with Crippen molar-refractivity contribution < 1.29 is 35.2 Å². The molecular weight excluding hydrogens is 991 g/mol. The summed E-state index contributed by atoms with van der Waals surface area (Å²) in [6.45, 7) is 13.3. The van der Waals surface area contributed by atoms with Crippen LogP contribution in [0.15, 0.2) is 164 Å². The molecule has 0 N–H and O–H groups in total. The van der Waals surface area contributed by atoms with Gasteiger partial charge < -0.3 is 15.0 Å². The number of aromatic nitrogens is 3. The zero-order valence-corrected chi connectivity index (χ0v) is 41.3. The van der Waals surface area contributed by atoms with Gasteiger partial charge in [-0.2, -0.15) is 0 Å². The predicted octanol–water partition coefficient (Wildman–Crippen LogP) is 15.5. The Kier molecular flexibility index (Phi) is 10.9. The van der Waals surface area contributed by atoms with Gasteiger partial charge in [0.15, 0.2) is 0 Å². The van der Waals surface area contributed by atoms with Crippen LogP contribution in [0.5, 0.6) is 0 Å². The average Bonchev–Trinajstić information content (AvgIpc) is 2.72. The van der Waals surface area contributed by atoms with E-state index in [0.29, 0.717) is 17.7 Å². The van der Waals surface area contributed by atoms with E-state index in [1.807, 2.05) is 91.4 Å². The standard InChI is InChI=1S/C63H62N3.Ir/c1-61(2,54-31-33-58(64-42-54)51-21-13-8-14-22-51)39-45-35-46(40-62(3,4)55-32-34-59(65-43-55)52-23-15-9-16-24-52)37-47(36-45)41-63(5,6)57-44-66-60(53-25-17-10-18-26-53)38-56(57)50-29-27-49(28-30-50)48-19-11-7-12-20-48;/h8-10,13-18,21,23,25,27-38,42-44,48H,7,11-12,19-20,39-41H2,1-6H3;/q-3;+3/i7D2,11D2,12D2,19D2,20D2,48D;. The van der Waals surface area contributed by atoms with Gasteiger partial charge in [-0.1, -0.05) is 133 Å². The molecule has 1 aliphatic rings. The molecule has 3 aromatic heterocycles. The van der Waals surface area contributed by atoms with Gasteiger partial charge in [0.05, 0.1) is 0 Å². The molecule has 3 heterocycles. The molecule has 5 aromatic carbocycles. The van der Waals surface area contributed by atoms with Crippen LogP contribution in [0.4, 0.5) is 0 Å². The van der Waals surface area contributed by atoms with Gasteiger partial charge in [0.1, 0.15) is 0 Å². The van der Waals surface area contributed by atoms with Crippen LogP contribution in [-0.4, -0.2) is 15.0 Å². The van der Waals surface area contributed by atoms with E-state index >= 15 is 0 Å². The van der Waals surface area contributed by atoms with Crippen molar-refractivity contribution in [2.75, 3.05) is 0 Å². The van der Waals surface area contributed by atoms with Gasteiger partial charge in [0.2, 0.25) is 0 Å². The van der Waals surface area contributed by atoms with E-state index in [0.717, 1.165) is 68.7 Å². The van der Waals surface area contributed by atoms with Gasteiger partial charge in [-0.3, -0.25) is 0 Å². The molecule has 3 nitrogen and oxygen atoms in total. The van der Waals surface area contributed by atoms with Crippen molar-refractivity contribution in [1.82, 2.24) is 15.0 Å². The van der Waals surface area contributed by atoms with Crippen LogP contribution in [-0.2, 0) is 55.6 Å². The molecule has 0 unspecified atom stereocenters. The molecule has 67 heavy (non-hydrogen) atoms. The van der Waals surface area contributed by atoms with Crippen LogP contribution >= 0.6 is 0 Å². The molecule has 0 spiro atoms. The van der Waals surface area contributed by atoms with E-state index < -0.39 is 43.2 Å². The van der Waals surface area contributed by atoms with Gasteiger partial charge in [0, 0.05) is 33.7 Å². The molecular formula is C63H62IrN3. The molecule has 1 aliphatic carbocycles. The van der Waals surface area contributed by atoms with Crippen LogP contribution in [0, 0.1) is 18.2 Å². The molecule has 1 fully saturated rings. The number of benzene rings is 5. The van der Waals surface area contributed by atoms with Gasteiger partial charge in [-0.05, 0) is 121 Å². The third-order valence-electron chi connectivity index (χ3n) is 12.7. The minimum atomic E-state index is -3.62. The Bertz CT molecular complexity index is 3240. The van der Waals surface area contributed by atoms with Crippen LogP contribution in [0.2, 0.25) is 0 Å². The Morgan fingerprint density at radius 3 is 1.39 bits per heavy atom. The average molecular weight is 1060 g/mol. The van der Waals surface area contributed by atoms with Crippen LogP contribution < -0.4 is 0 Å². The molecule has 0 amide bonds. The summed E-state index contributed by atoms with van der Waals surface area (Å²) < 4.78 is 96.0. The summed E-state index contributed by atoms with van der Waals surface area (Å²) in [5, 5.41) is 0. The van der Waals surface area contributed by atoms with E-state index in [9.17, 15) is 1.37 Å². The first-order valence-corrected chi connectivity index (χ1v) is 22.6. The summed E-state index contributed by atoms with van der Waals surface area (Å²) in [7, 11) is 0. The van der Waals surface area contributed by atoms with E-state index in [1.165, 1.54) is 23.3 Å². The zero-order valence-electron chi connectivity index (χ0n) is 49.9. The van der Waals surface area contributed by atoms with E-state index in [1.54, 1.807) is 18.2 Å². The first-order valence-electron chi connectivity index (χ1n) is 28.1. The quantitative estimate of drug-likeness (QED) is 0.102. The number of pyridine rings is 3. The summed E-state index contributed by atoms with van der Waals surface area (Å²) in [6, 6.07) is 56.1. The summed E-state index contributed by atoms with van der Waals surface area (Å²) in [4.78, 5) is 14.7. The summed E-state index contributed by atoms with van der Waals surface area (Å²) in [5.41, 5.74) is 11.3. The molecule has 4 heteroatoms. The smallest absolute Gasteiger partial charge is 0.304 e. The monoisotopic (exact) mass is 1060 g/mol. The fraction of sp³-hybridized carbons (Fsp3) is 0.286. The Balaban J connectivity index is 0.00000803. The Hall–Kier alpha value is -5.80. The molecule has 9 rings (SSSR count). The Morgan fingerprint density at radius 1 is 0.507 bits per heavy atom. The second-order valence-electron chi connectivity index (χ2n) is 19.2. The molecule has 0 saturated heterocycles. The molecule has 0 atom stereocenters. The van der Waals surface area contributed by atoms with Crippen molar-refractivity contribution in [1.29, 1.82) is 0 Å². The van der Waals surface area contributed by atoms with Crippen LogP contribution in [0.25, 0.3) is 44.9 Å². The van der Waals surface area contributed by atoms with Crippen molar-refractivity contribution in [3.05, 3.63) is 221 Å². The number of hydrogen-bond donors (Lipinski definition) is 0. The maximum atomic E-state index is 9.45. The molecule has 8 aromatic rings. The molecule has 0 radical (unpaired) electrons. The maximum absolute atomic E-state index is 9.45. The second-order valence-corrected chi connectivity index (χ2v) is 19.2. The zero-order chi connectivity index (χ0) is 55.6. The Labute approximate surface area is 429 Å². The fourth-order valence-corrected chi connectivity index (χ4v) is 9.13. The van der Waals surface area contributed by atoms with Crippen LogP contribution in [0.3, 0.4) is 0 Å². The summed E-state index contributed by atoms with van der Waals surface area (Å²) in [6.07, 6.45) is -10.1. The van der Waals surface area contributed by atoms with Crippen molar-refractivity contribution >= 4 is 0 Å². The molecule has 1 saturated carbocycles. The van der Waals surface area contributed by atoms with Crippen molar-refractivity contribution in [2.45, 2.75) is 115 Å². The normalized spacial score (nSPS) is 20.2.